The summed E-state index contributed by atoms with van der Waals surface area (Å²) in [6.07, 6.45) is 0.929. The molecule has 20 heavy (non-hydrogen) atoms. The minimum atomic E-state index is 0.0926. The largest absolute Gasteiger partial charge is 0.326 e. The average Bonchev–Trinajstić information content (AvgIpc) is 2.80. The molecule has 108 valence electrons. The molecular formula is C14H18BrN3S2. The van der Waals surface area contributed by atoms with Crippen molar-refractivity contribution in [2.24, 2.45) is 5.73 Å². The molecule has 0 saturated carbocycles. The number of thioether (sulfide) groups is 1. The molecule has 0 aliphatic carbocycles. The van der Waals surface area contributed by atoms with Gasteiger partial charge in [0.05, 0.1) is 9.04 Å². The summed E-state index contributed by atoms with van der Waals surface area (Å²) in [4.78, 5) is 10.3. The molecule has 0 aliphatic heterocycles. The van der Waals surface area contributed by atoms with Crippen LogP contribution in [0.1, 0.15) is 34.9 Å². The minimum absolute atomic E-state index is 0.0926. The van der Waals surface area contributed by atoms with Crippen molar-refractivity contribution in [1.82, 2.24) is 9.97 Å². The van der Waals surface area contributed by atoms with Crippen molar-refractivity contribution in [3.63, 3.8) is 0 Å². The highest BCUT2D eigenvalue weighted by Crippen LogP contribution is 2.40. The molecule has 2 aromatic rings. The van der Waals surface area contributed by atoms with Crippen LogP contribution in [0.15, 0.2) is 27.1 Å². The quantitative estimate of drug-likeness (QED) is 0.621. The zero-order valence-electron chi connectivity index (χ0n) is 11.8. The third kappa shape index (κ3) is 4.04. The number of thiophene rings is 1. The van der Waals surface area contributed by atoms with Gasteiger partial charge in [-0.3, -0.25) is 0 Å². The van der Waals surface area contributed by atoms with E-state index >= 15 is 0 Å². The third-order valence-corrected chi connectivity index (χ3v) is 6.04. The fourth-order valence-electron chi connectivity index (χ4n) is 1.91. The average molecular weight is 372 g/mol. The number of hydrogen-bond acceptors (Lipinski definition) is 5. The SMILES string of the molecule is CCC(N)C(Sc1nc(C)cc(C)n1)c1ccc(Br)s1. The van der Waals surface area contributed by atoms with E-state index in [1.54, 1.807) is 23.1 Å². The first-order valence-corrected chi connectivity index (χ1v) is 8.98. The van der Waals surface area contributed by atoms with Crippen molar-refractivity contribution >= 4 is 39.0 Å². The van der Waals surface area contributed by atoms with Crippen LogP contribution in [0.3, 0.4) is 0 Å². The van der Waals surface area contributed by atoms with Crippen LogP contribution < -0.4 is 5.73 Å². The highest BCUT2D eigenvalue weighted by Gasteiger charge is 2.23. The molecule has 0 aromatic carbocycles. The van der Waals surface area contributed by atoms with Gasteiger partial charge in [0, 0.05) is 22.3 Å². The Labute approximate surface area is 136 Å². The number of nitrogens with two attached hydrogens (primary N) is 1. The smallest absolute Gasteiger partial charge is 0.188 e. The Kier molecular flexibility index (Phi) is 5.60. The van der Waals surface area contributed by atoms with Gasteiger partial charge in [0.1, 0.15) is 0 Å². The Morgan fingerprint density at radius 2 is 1.95 bits per heavy atom. The lowest BCUT2D eigenvalue weighted by Crippen LogP contribution is -2.25. The minimum Gasteiger partial charge on any atom is -0.326 e. The summed E-state index contributed by atoms with van der Waals surface area (Å²) in [5, 5.41) is 0.999. The van der Waals surface area contributed by atoms with E-state index < -0.39 is 0 Å². The summed E-state index contributed by atoms with van der Waals surface area (Å²) < 4.78 is 1.13. The van der Waals surface area contributed by atoms with E-state index in [0.717, 1.165) is 26.8 Å². The van der Waals surface area contributed by atoms with Crippen LogP contribution in [0, 0.1) is 13.8 Å². The number of nitrogens with zero attached hydrogens (tertiary/aromatic N) is 2. The maximum Gasteiger partial charge on any atom is 0.188 e. The highest BCUT2D eigenvalue weighted by molar-refractivity contribution is 9.11. The first-order valence-electron chi connectivity index (χ1n) is 6.49. The molecule has 0 bridgehead atoms. The zero-order chi connectivity index (χ0) is 14.7. The van der Waals surface area contributed by atoms with Crippen LogP contribution in [-0.4, -0.2) is 16.0 Å². The summed E-state index contributed by atoms with van der Waals surface area (Å²) in [6, 6.07) is 6.28. The fraction of sp³-hybridized carbons (Fsp3) is 0.429. The van der Waals surface area contributed by atoms with E-state index in [1.807, 2.05) is 19.9 Å². The maximum absolute atomic E-state index is 6.30. The van der Waals surface area contributed by atoms with Crippen LogP contribution in [0.4, 0.5) is 0 Å². The summed E-state index contributed by atoms with van der Waals surface area (Å²) >= 11 is 6.90. The van der Waals surface area contributed by atoms with E-state index in [4.69, 9.17) is 5.73 Å². The highest BCUT2D eigenvalue weighted by atomic mass is 79.9. The topological polar surface area (TPSA) is 51.8 Å². The number of rotatable bonds is 5. The van der Waals surface area contributed by atoms with Crippen molar-refractivity contribution in [2.45, 2.75) is 43.6 Å². The van der Waals surface area contributed by atoms with Gasteiger partial charge in [0.25, 0.3) is 0 Å². The summed E-state index contributed by atoms with van der Waals surface area (Å²) in [7, 11) is 0. The van der Waals surface area contributed by atoms with Gasteiger partial charge >= 0.3 is 0 Å². The third-order valence-electron chi connectivity index (χ3n) is 2.93. The molecule has 2 unspecified atom stereocenters. The van der Waals surface area contributed by atoms with E-state index in [2.05, 4.69) is 45.0 Å². The van der Waals surface area contributed by atoms with Crippen LogP contribution >= 0.6 is 39.0 Å². The van der Waals surface area contributed by atoms with Crippen molar-refractivity contribution < 1.29 is 0 Å². The lowest BCUT2D eigenvalue weighted by Gasteiger charge is -2.20. The molecule has 0 aliphatic rings. The molecule has 0 radical (unpaired) electrons. The van der Waals surface area contributed by atoms with Crippen LogP contribution in [-0.2, 0) is 0 Å². The molecule has 0 amide bonds. The predicted molar refractivity (Wildman–Crippen MR) is 90.4 cm³/mol. The first-order chi connectivity index (χ1) is 9.49. The molecule has 3 nitrogen and oxygen atoms in total. The first kappa shape index (κ1) is 15.9. The number of hydrogen-bond donors (Lipinski definition) is 1. The van der Waals surface area contributed by atoms with E-state index in [0.29, 0.717) is 0 Å². The van der Waals surface area contributed by atoms with Gasteiger partial charge in [-0.2, -0.15) is 0 Å². The number of aromatic nitrogens is 2. The summed E-state index contributed by atoms with van der Waals surface area (Å²) in [5.41, 5.74) is 8.29. The Balaban J connectivity index is 2.28. The van der Waals surface area contributed by atoms with Gasteiger partial charge in [-0.25, -0.2) is 9.97 Å². The van der Waals surface area contributed by atoms with Crippen LogP contribution in [0.5, 0.6) is 0 Å². The Bertz CT molecular complexity index is 565. The van der Waals surface area contributed by atoms with E-state index in [1.165, 1.54) is 4.88 Å². The second-order valence-electron chi connectivity index (χ2n) is 4.69. The van der Waals surface area contributed by atoms with Gasteiger partial charge in [-0.15, -0.1) is 11.3 Å². The lowest BCUT2D eigenvalue weighted by atomic mass is 10.1. The second-order valence-corrected chi connectivity index (χ2v) is 8.29. The van der Waals surface area contributed by atoms with Gasteiger partial charge < -0.3 is 5.73 Å². The van der Waals surface area contributed by atoms with Crippen LogP contribution in [0.25, 0.3) is 0 Å². The maximum atomic E-state index is 6.30. The lowest BCUT2D eigenvalue weighted by molar-refractivity contribution is 0.638. The van der Waals surface area contributed by atoms with Crippen molar-refractivity contribution in [2.75, 3.05) is 0 Å². The van der Waals surface area contributed by atoms with Crippen molar-refractivity contribution in [3.05, 3.63) is 38.3 Å². The summed E-state index contributed by atoms with van der Waals surface area (Å²) in [6.45, 7) is 6.10. The molecule has 0 fully saturated rings. The van der Waals surface area contributed by atoms with E-state index in [9.17, 15) is 0 Å². The number of halogens is 1. The molecule has 2 heterocycles. The van der Waals surface area contributed by atoms with E-state index in [-0.39, 0.29) is 11.3 Å². The monoisotopic (exact) mass is 371 g/mol. The molecule has 2 aromatic heterocycles. The fourth-order valence-corrected chi connectivity index (χ4v) is 4.86. The molecule has 6 heteroatoms. The summed E-state index contributed by atoms with van der Waals surface area (Å²) in [5.74, 6) is 0. The van der Waals surface area contributed by atoms with Gasteiger partial charge in [0.15, 0.2) is 5.16 Å². The number of aryl methyl sites for hydroxylation is 2. The normalized spacial score (nSPS) is 14.2. The Morgan fingerprint density at radius 1 is 1.30 bits per heavy atom. The Hall–Kier alpha value is -0.430. The molecule has 0 spiro atoms. The zero-order valence-corrected chi connectivity index (χ0v) is 15.0. The Morgan fingerprint density at radius 3 is 2.45 bits per heavy atom. The molecule has 2 rings (SSSR count). The van der Waals surface area contributed by atoms with Gasteiger partial charge in [0.2, 0.25) is 0 Å². The molecule has 2 atom stereocenters. The van der Waals surface area contributed by atoms with Gasteiger partial charge in [-0.05, 0) is 54.4 Å². The van der Waals surface area contributed by atoms with Crippen molar-refractivity contribution in [3.8, 4) is 0 Å². The predicted octanol–water partition coefficient (Wildman–Crippen LogP) is 4.49. The van der Waals surface area contributed by atoms with Crippen molar-refractivity contribution in [1.29, 1.82) is 0 Å². The second kappa shape index (κ2) is 7.02. The van der Waals surface area contributed by atoms with Crippen LogP contribution in [0.2, 0.25) is 0 Å². The molecule has 0 saturated heterocycles. The molecule has 2 N–H and O–H groups in total. The molecular weight excluding hydrogens is 354 g/mol. The standard InChI is InChI=1S/C14H18BrN3S2/c1-4-10(16)13(11-5-6-12(15)19-11)20-14-17-8(2)7-9(3)18-14/h5-7,10,13H,4,16H2,1-3H3. The van der Waals surface area contributed by atoms with Gasteiger partial charge in [-0.1, -0.05) is 18.7 Å².